The quantitative estimate of drug-likeness (QED) is 0.768. The number of rotatable bonds is 4. The molecule has 2 aromatic heterocycles. The Morgan fingerprint density at radius 1 is 1.19 bits per heavy atom. The summed E-state index contributed by atoms with van der Waals surface area (Å²) in [6.45, 7) is 7.68. The number of nitrogens with zero attached hydrogens (tertiary/aromatic N) is 3. The summed E-state index contributed by atoms with van der Waals surface area (Å²) < 4.78 is 2.41. The van der Waals surface area contributed by atoms with Crippen LogP contribution in [-0.2, 0) is 6.54 Å². The molecule has 144 valence electrons. The molecule has 2 atom stereocenters. The molecule has 1 saturated carbocycles. The number of nitrogens with one attached hydrogen (secondary N) is 1. The van der Waals surface area contributed by atoms with Crippen LogP contribution in [0.15, 0.2) is 30.5 Å². The first-order valence-corrected chi connectivity index (χ1v) is 10.7. The molecule has 0 amide bonds. The maximum absolute atomic E-state index is 5.87. The first kappa shape index (κ1) is 18.5. The van der Waals surface area contributed by atoms with Crippen molar-refractivity contribution < 1.29 is 0 Å². The van der Waals surface area contributed by atoms with Crippen LogP contribution in [0.4, 0.5) is 0 Å². The van der Waals surface area contributed by atoms with Crippen LogP contribution in [0.5, 0.6) is 0 Å². The van der Waals surface area contributed by atoms with E-state index in [-0.39, 0.29) is 12.1 Å². The van der Waals surface area contributed by atoms with Gasteiger partial charge >= 0.3 is 0 Å². The third-order valence-corrected chi connectivity index (χ3v) is 6.68. The summed E-state index contributed by atoms with van der Waals surface area (Å²) in [6, 6.07) is 9.38. The van der Waals surface area contributed by atoms with Gasteiger partial charge in [0.25, 0.3) is 0 Å². The van der Waals surface area contributed by atoms with Crippen LogP contribution in [0.1, 0.15) is 73.8 Å². The average molecular weight is 383 g/mol. The van der Waals surface area contributed by atoms with Gasteiger partial charge in [-0.3, -0.25) is 4.98 Å². The molecule has 27 heavy (non-hydrogen) atoms. The molecule has 0 unspecified atom stereocenters. The lowest BCUT2D eigenvalue weighted by Crippen LogP contribution is -2.40. The van der Waals surface area contributed by atoms with Crippen LogP contribution in [0.3, 0.4) is 0 Å². The predicted octanol–water partition coefficient (Wildman–Crippen LogP) is 4.83. The zero-order chi connectivity index (χ0) is 19.0. The van der Waals surface area contributed by atoms with Gasteiger partial charge < -0.3 is 14.8 Å². The van der Waals surface area contributed by atoms with Crippen LogP contribution >= 0.6 is 12.2 Å². The first-order valence-electron chi connectivity index (χ1n) is 10.3. The highest BCUT2D eigenvalue weighted by Gasteiger charge is 2.44. The smallest absolute Gasteiger partial charge is 0.170 e. The molecule has 2 fully saturated rings. The van der Waals surface area contributed by atoms with Gasteiger partial charge in [0.1, 0.15) is 0 Å². The monoisotopic (exact) mass is 382 g/mol. The van der Waals surface area contributed by atoms with Gasteiger partial charge in [0, 0.05) is 30.2 Å². The van der Waals surface area contributed by atoms with E-state index in [0.29, 0.717) is 6.04 Å². The number of hydrogen-bond acceptors (Lipinski definition) is 2. The Bertz CT molecular complexity index is 807. The first-order chi connectivity index (χ1) is 13.1. The van der Waals surface area contributed by atoms with E-state index in [9.17, 15) is 0 Å². The number of pyridine rings is 1. The van der Waals surface area contributed by atoms with E-state index in [2.05, 4.69) is 58.7 Å². The molecule has 1 N–H and O–H groups in total. The summed E-state index contributed by atoms with van der Waals surface area (Å²) in [7, 11) is 0. The molecule has 4 nitrogen and oxygen atoms in total. The maximum Gasteiger partial charge on any atom is 0.170 e. The Hall–Kier alpha value is -1.88. The minimum atomic E-state index is 0.103. The van der Waals surface area contributed by atoms with E-state index in [1.807, 2.05) is 12.3 Å². The van der Waals surface area contributed by atoms with Crippen molar-refractivity contribution in [2.75, 3.05) is 0 Å². The molecule has 3 heterocycles. The largest absolute Gasteiger partial charge is 0.352 e. The molecule has 5 heteroatoms. The zero-order valence-electron chi connectivity index (χ0n) is 16.6. The molecule has 0 radical (unpaired) electrons. The Balaban J connectivity index is 1.80. The second-order valence-corrected chi connectivity index (χ2v) is 8.28. The van der Waals surface area contributed by atoms with E-state index in [0.717, 1.165) is 17.4 Å². The fourth-order valence-electron chi connectivity index (χ4n) is 5.06. The van der Waals surface area contributed by atoms with Crippen LogP contribution < -0.4 is 5.32 Å². The second kappa shape index (κ2) is 7.63. The Kier molecular flexibility index (Phi) is 5.22. The lowest BCUT2D eigenvalue weighted by atomic mass is 9.90. The van der Waals surface area contributed by atoms with Crippen LogP contribution in [0, 0.1) is 13.8 Å². The number of aryl methyl sites for hydroxylation is 1. The standard InChI is InChI=1S/C22H30N4S/c1-4-25-15(2)14-18(16(25)3)21-20(19-12-8-9-13-23-19)24-22(27)26(21)17-10-6-5-7-11-17/h8-9,12-14,17,20-21H,4-7,10-11H2,1-3H3,(H,24,27)/t20-,21+/m0/s1. The van der Waals surface area contributed by atoms with Gasteiger partial charge in [-0.05, 0) is 69.6 Å². The topological polar surface area (TPSA) is 33.1 Å². The van der Waals surface area contributed by atoms with Gasteiger partial charge in [0.05, 0.1) is 17.8 Å². The maximum atomic E-state index is 5.87. The van der Waals surface area contributed by atoms with Gasteiger partial charge in [-0.15, -0.1) is 0 Å². The average Bonchev–Trinajstić information content (AvgIpc) is 3.18. The van der Waals surface area contributed by atoms with Crippen molar-refractivity contribution in [1.82, 2.24) is 19.8 Å². The van der Waals surface area contributed by atoms with Gasteiger partial charge in [0.2, 0.25) is 0 Å². The minimum absolute atomic E-state index is 0.103. The summed E-state index contributed by atoms with van der Waals surface area (Å²) in [5.74, 6) is 0. The fourth-order valence-corrected chi connectivity index (χ4v) is 5.45. The SMILES string of the molecule is CCn1c(C)cc([C@@H]2[C@H](c3ccccn3)NC(=S)N2C2CCCCC2)c1C. The molecule has 4 rings (SSSR count). The minimum Gasteiger partial charge on any atom is -0.352 e. The lowest BCUT2D eigenvalue weighted by Gasteiger charge is -2.37. The van der Waals surface area contributed by atoms with Crippen molar-refractivity contribution in [3.05, 3.63) is 53.1 Å². The Morgan fingerprint density at radius 2 is 1.96 bits per heavy atom. The molecule has 0 spiro atoms. The summed E-state index contributed by atoms with van der Waals surface area (Å²) in [5.41, 5.74) is 5.15. The van der Waals surface area contributed by atoms with Crippen LogP contribution in [0.25, 0.3) is 0 Å². The third-order valence-electron chi connectivity index (χ3n) is 6.35. The molecule has 1 aliphatic heterocycles. The van der Waals surface area contributed by atoms with Crippen molar-refractivity contribution >= 4 is 17.3 Å². The van der Waals surface area contributed by atoms with Gasteiger partial charge in [-0.25, -0.2) is 0 Å². The third kappa shape index (κ3) is 3.27. The molecule has 0 aromatic carbocycles. The highest BCUT2D eigenvalue weighted by molar-refractivity contribution is 7.80. The van der Waals surface area contributed by atoms with Crippen LogP contribution in [0.2, 0.25) is 0 Å². The second-order valence-electron chi connectivity index (χ2n) is 7.90. The normalized spacial score (nSPS) is 23.7. The Labute approximate surface area is 168 Å². The molecular weight excluding hydrogens is 352 g/mol. The van der Waals surface area contributed by atoms with Crippen molar-refractivity contribution in [3.8, 4) is 0 Å². The van der Waals surface area contributed by atoms with Crippen molar-refractivity contribution in [2.45, 2.75) is 77.5 Å². The highest BCUT2D eigenvalue weighted by Crippen LogP contribution is 2.43. The summed E-state index contributed by atoms with van der Waals surface area (Å²) in [4.78, 5) is 7.18. The number of hydrogen-bond donors (Lipinski definition) is 1. The molecule has 1 aliphatic carbocycles. The van der Waals surface area contributed by atoms with E-state index in [1.165, 1.54) is 49.1 Å². The van der Waals surface area contributed by atoms with E-state index >= 15 is 0 Å². The van der Waals surface area contributed by atoms with Gasteiger partial charge in [-0.1, -0.05) is 25.3 Å². The van der Waals surface area contributed by atoms with E-state index in [4.69, 9.17) is 12.2 Å². The molecule has 2 aliphatic rings. The summed E-state index contributed by atoms with van der Waals surface area (Å²) in [5, 5.41) is 4.52. The zero-order valence-corrected chi connectivity index (χ0v) is 17.4. The molecule has 2 aromatic rings. The van der Waals surface area contributed by atoms with Gasteiger partial charge in [0.15, 0.2) is 5.11 Å². The fraction of sp³-hybridized carbons (Fsp3) is 0.545. The van der Waals surface area contributed by atoms with E-state index < -0.39 is 0 Å². The van der Waals surface area contributed by atoms with Crippen LogP contribution in [-0.4, -0.2) is 25.6 Å². The van der Waals surface area contributed by atoms with Crippen molar-refractivity contribution in [1.29, 1.82) is 0 Å². The van der Waals surface area contributed by atoms with Crippen molar-refractivity contribution in [3.63, 3.8) is 0 Å². The van der Waals surface area contributed by atoms with Gasteiger partial charge in [-0.2, -0.15) is 0 Å². The predicted molar refractivity (Wildman–Crippen MR) is 114 cm³/mol. The van der Waals surface area contributed by atoms with Crippen molar-refractivity contribution in [2.24, 2.45) is 0 Å². The highest BCUT2D eigenvalue weighted by atomic mass is 32.1. The Morgan fingerprint density at radius 3 is 2.59 bits per heavy atom. The number of aromatic nitrogens is 2. The molecule has 1 saturated heterocycles. The molecule has 0 bridgehead atoms. The lowest BCUT2D eigenvalue weighted by molar-refractivity contribution is 0.196. The van der Waals surface area contributed by atoms with E-state index in [1.54, 1.807) is 0 Å². The summed E-state index contributed by atoms with van der Waals surface area (Å²) >= 11 is 5.87. The molecular formula is C22H30N4S. The summed E-state index contributed by atoms with van der Waals surface area (Å²) in [6.07, 6.45) is 8.32. The number of thiocarbonyl (C=S) groups is 1.